The second-order valence-corrected chi connectivity index (χ2v) is 6.26. The molecule has 2 rings (SSSR count). The third-order valence-electron chi connectivity index (χ3n) is 4.16. The molecule has 1 saturated carbocycles. The Bertz CT molecular complexity index is 260. The van der Waals surface area contributed by atoms with Crippen molar-refractivity contribution in [1.29, 1.82) is 0 Å². The van der Waals surface area contributed by atoms with Gasteiger partial charge in [-0.15, -0.1) is 0 Å². The maximum atomic E-state index is 11.8. The van der Waals surface area contributed by atoms with Crippen molar-refractivity contribution >= 4 is 5.78 Å². The molecule has 0 aromatic rings. The van der Waals surface area contributed by atoms with E-state index in [9.17, 15) is 4.79 Å². The van der Waals surface area contributed by atoms with Gasteiger partial charge in [0, 0.05) is 12.8 Å². The molecule has 17 heavy (non-hydrogen) atoms. The van der Waals surface area contributed by atoms with Gasteiger partial charge in [-0.1, -0.05) is 26.7 Å². The van der Waals surface area contributed by atoms with E-state index in [-0.39, 0.29) is 6.10 Å². The zero-order chi connectivity index (χ0) is 12.3. The minimum Gasteiger partial charge on any atom is -0.374 e. The van der Waals surface area contributed by atoms with Crippen LogP contribution in [0.1, 0.15) is 65.2 Å². The zero-order valence-electron chi connectivity index (χ0n) is 11.3. The Hall–Kier alpha value is -0.370. The van der Waals surface area contributed by atoms with Gasteiger partial charge in [-0.25, -0.2) is 0 Å². The van der Waals surface area contributed by atoms with Gasteiger partial charge in [-0.05, 0) is 37.5 Å². The molecule has 0 aromatic carbocycles. The van der Waals surface area contributed by atoms with E-state index in [2.05, 4.69) is 13.8 Å². The molecule has 0 bridgehead atoms. The van der Waals surface area contributed by atoms with Gasteiger partial charge in [0.1, 0.15) is 5.78 Å². The molecule has 0 N–H and O–H groups in total. The van der Waals surface area contributed by atoms with Gasteiger partial charge in [0.15, 0.2) is 0 Å². The quantitative estimate of drug-likeness (QED) is 0.746. The highest BCUT2D eigenvalue weighted by Crippen LogP contribution is 2.36. The van der Waals surface area contributed by atoms with Crippen molar-refractivity contribution in [3.8, 4) is 0 Å². The zero-order valence-corrected chi connectivity index (χ0v) is 11.3. The number of carbonyl (C=O) groups excluding carboxylic acids is 1. The summed E-state index contributed by atoms with van der Waals surface area (Å²) >= 11 is 0. The molecular formula is C15H26O2. The number of ether oxygens (including phenoxy) is 1. The van der Waals surface area contributed by atoms with E-state index in [1.807, 2.05) is 0 Å². The first kappa shape index (κ1) is 13.1. The molecule has 0 amide bonds. The van der Waals surface area contributed by atoms with E-state index in [1.165, 1.54) is 32.1 Å². The number of hydrogen-bond donors (Lipinski definition) is 0. The smallest absolute Gasteiger partial charge is 0.135 e. The summed E-state index contributed by atoms with van der Waals surface area (Å²) < 4.78 is 6.12. The van der Waals surface area contributed by atoms with Gasteiger partial charge >= 0.3 is 0 Å². The Balaban J connectivity index is 1.77. The summed E-state index contributed by atoms with van der Waals surface area (Å²) in [6.45, 7) is 4.22. The molecule has 2 aliphatic rings. The average Bonchev–Trinajstić information content (AvgIpc) is 2.27. The van der Waals surface area contributed by atoms with Crippen LogP contribution in [0.15, 0.2) is 0 Å². The lowest BCUT2D eigenvalue weighted by molar-refractivity contribution is -0.131. The van der Waals surface area contributed by atoms with E-state index >= 15 is 0 Å². The maximum Gasteiger partial charge on any atom is 0.135 e. The van der Waals surface area contributed by atoms with Crippen LogP contribution in [-0.2, 0) is 9.53 Å². The summed E-state index contributed by atoms with van der Waals surface area (Å²) in [4.78, 5) is 11.8. The standard InChI is InChI=1S/C15H26O2/c1-11(2)9-13(16)10-14-8-7-12-5-3-4-6-15(12)17-14/h11-12,14-15H,3-10H2,1-2H3/t12-,14+,15+/m0/s1. The van der Waals surface area contributed by atoms with Gasteiger partial charge in [0.25, 0.3) is 0 Å². The fourth-order valence-electron chi connectivity index (χ4n) is 3.34. The molecule has 0 radical (unpaired) electrons. The molecule has 1 heterocycles. The second-order valence-electron chi connectivity index (χ2n) is 6.26. The van der Waals surface area contributed by atoms with Crippen LogP contribution in [0.3, 0.4) is 0 Å². The minimum absolute atomic E-state index is 0.223. The summed E-state index contributed by atoms with van der Waals surface area (Å²) in [7, 11) is 0. The number of hydrogen-bond acceptors (Lipinski definition) is 2. The monoisotopic (exact) mass is 238 g/mol. The fourth-order valence-corrected chi connectivity index (χ4v) is 3.34. The third kappa shape index (κ3) is 3.80. The van der Waals surface area contributed by atoms with Crippen molar-refractivity contribution in [2.75, 3.05) is 0 Å². The van der Waals surface area contributed by atoms with Crippen molar-refractivity contribution in [1.82, 2.24) is 0 Å². The fraction of sp³-hybridized carbons (Fsp3) is 0.933. The van der Waals surface area contributed by atoms with Crippen LogP contribution < -0.4 is 0 Å². The molecule has 1 aliphatic heterocycles. The average molecular weight is 238 g/mol. The van der Waals surface area contributed by atoms with E-state index in [0.717, 1.165) is 12.3 Å². The second kappa shape index (κ2) is 5.99. The van der Waals surface area contributed by atoms with Crippen LogP contribution in [0.25, 0.3) is 0 Å². The Morgan fingerprint density at radius 1 is 1.18 bits per heavy atom. The van der Waals surface area contributed by atoms with Crippen LogP contribution in [-0.4, -0.2) is 18.0 Å². The van der Waals surface area contributed by atoms with Crippen LogP contribution in [0.5, 0.6) is 0 Å². The highest BCUT2D eigenvalue weighted by atomic mass is 16.5. The SMILES string of the molecule is CC(C)CC(=O)C[C@H]1CC[C@@H]2CCCC[C@H]2O1. The Labute approximate surface area is 105 Å². The van der Waals surface area contributed by atoms with Gasteiger partial charge < -0.3 is 4.74 Å². The van der Waals surface area contributed by atoms with Gasteiger partial charge in [-0.2, -0.15) is 0 Å². The predicted molar refractivity (Wildman–Crippen MR) is 68.9 cm³/mol. The number of Topliss-reactive ketones (excluding diaryl/α,β-unsaturated/α-hetero) is 1. The van der Waals surface area contributed by atoms with Crippen molar-refractivity contribution in [2.45, 2.75) is 77.4 Å². The highest BCUT2D eigenvalue weighted by molar-refractivity contribution is 5.79. The lowest BCUT2D eigenvalue weighted by Gasteiger charge is -2.39. The van der Waals surface area contributed by atoms with Crippen LogP contribution in [0, 0.1) is 11.8 Å². The molecule has 2 nitrogen and oxygen atoms in total. The number of ketones is 1. The molecule has 1 aliphatic carbocycles. The van der Waals surface area contributed by atoms with Crippen LogP contribution >= 0.6 is 0 Å². The molecule has 0 unspecified atom stereocenters. The predicted octanol–water partition coefficient (Wildman–Crippen LogP) is 3.73. The van der Waals surface area contributed by atoms with Gasteiger partial charge in [0.2, 0.25) is 0 Å². The molecule has 98 valence electrons. The highest BCUT2D eigenvalue weighted by Gasteiger charge is 2.33. The topological polar surface area (TPSA) is 26.3 Å². The van der Waals surface area contributed by atoms with E-state index in [1.54, 1.807) is 0 Å². The van der Waals surface area contributed by atoms with Gasteiger partial charge in [-0.3, -0.25) is 4.79 Å². The van der Waals surface area contributed by atoms with E-state index in [0.29, 0.717) is 30.6 Å². The summed E-state index contributed by atoms with van der Waals surface area (Å²) in [6.07, 6.45) is 9.70. The first-order chi connectivity index (χ1) is 8.15. The molecule has 0 spiro atoms. The summed E-state index contributed by atoms with van der Waals surface area (Å²) in [5, 5.41) is 0. The largest absolute Gasteiger partial charge is 0.374 e. The molecule has 2 fully saturated rings. The van der Waals surface area contributed by atoms with Crippen molar-refractivity contribution in [3.05, 3.63) is 0 Å². The van der Waals surface area contributed by atoms with Gasteiger partial charge in [0.05, 0.1) is 12.2 Å². The van der Waals surface area contributed by atoms with Crippen molar-refractivity contribution in [2.24, 2.45) is 11.8 Å². The molecule has 2 heteroatoms. The lowest BCUT2D eigenvalue weighted by Crippen LogP contribution is -2.38. The van der Waals surface area contributed by atoms with Crippen LogP contribution in [0.2, 0.25) is 0 Å². The normalized spacial score (nSPS) is 33.5. The molecule has 1 saturated heterocycles. The maximum absolute atomic E-state index is 11.8. The lowest BCUT2D eigenvalue weighted by atomic mass is 9.80. The summed E-state index contributed by atoms with van der Waals surface area (Å²) in [6, 6.07) is 0. The first-order valence-electron chi connectivity index (χ1n) is 7.32. The molecule has 0 aromatic heterocycles. The summed E-state index contributed by atoms with van der Waals surface area (Å²) in [5.74, 6) is 1.66. The Kier molecular flexibility index (Phi) is 4.61. The first-order valence-corrected chi connectivity index (χ1v) is 7.32. The number of rotatable bonds is 4. The Morgan fingerprint density at radius 2 is 1.94 bits per heavy atom. The Morgan fingerprint density at radius 3 is 2.71 bits per heavy atom. The number of carbonyl (C=O) groups is 1. The molecule has 3 atom stereocenters. The van der Waals surface area contributed by atoms with Crippen molar-refractivity contribution in [3.63, 3.8) is 0 Å². The molecular weight excluding hydrogens is 212 g/mol. The third-order valence-corrected chi connectivity index (χ3v) is 4.16. The number of fused-ring (bicyclic) bond motifs is 1. The van der Waals surface area contributed by atoms with E-state index in [4.69, 9.17) is 4.74 Å². The van der Waals surface area contributed by atoms with Crippen LogP contribution in [0.4, 0.5) is 0 Å². The van der Waals surface area contributed by atoms with E-state index < -0.39 is 0 Å². The summed E-state index contributed by atoms with van der Waals surface area (Å²) in [5.41, 5.74) is 0. The van der Waals surface area contributed by atoms with Crippen molar-refractivity contribution < 1.29 is 9.53 Å². The minimum atomic E-state index is 0.223.